The highest BCUT2D eigenvalue weighted by molar-refractivity contribution is 8.01. The van der Waals surface area contributed by atoms with E-state index < -0.39 is 0 Å². The van der Waals surface area contributed by atoms with Gasteiger partial charge in [-0.15, -0.1) is 22.0 Å². The number of carbonyl (C=O) groups is 1. The van der Waals surface area contributed by atoms with Crippen LogP contribution in [0.5, 0.6) is 0 Å². The van der Waals surface area contributed by atoms with Crippen LogP contribution in [0.3, 0.4) is 0 Å². The lowest BCUT2D eigenvalue weighted by Gasteiger charge is -2.10. The van der Waals surface area contributed by atoms with E-state index in [0.717, 1.165) is 22.3 Å². The van der Waals surface area contributed by atoms with Gasteiger partial charge < -0.3 is 0 Å². The average molecular weight is 354 g/mol. The molecule has 0 aliphatic carbocycles. The van der Waals surface area contributed by atoms with Crippen LogP contribution in [0.15, 0.2) is 34.7 Å². The molecule has 0 aliphatic heterocycles. The molecular formula is C15H19N3OS3. The Morgan fingerprint density at radius 2 is 2.09 bits per heavy atom. The topological polar surface area (TPSA) is 54.9 Å². The second-order valence-electron chi connectivity index (χ2n) is 4.65. The van der Waals surface area contributed by atoms with Crippen LogP contribution in [0.25, 0.3) is 0 Å². The summed E-state index contributed by atoms with van der Waals surface area (Å²) < 4.78 is 0.904. The second kappa shape index (κ2) is 9.17. The molecule has 0 saturated heterocycles. The highest BCUT2D eigenvalue weighted by atomic mass is 32.2. The van der Waals surface area contributed by atoms with Gasteiger partial charge in [-0.2, -0.15) is 0 Å². The first-order chi connectivity index (χ1) is 10.7. The Hall–Kier alpha value is -1.05. The number of nitrogens with one attached hydrogen (secondary N) is 1. The molecule has 0 radical (unpaired) electrons. The Labute approximate surface area is 143 Å². The van der Waals surface area contributed by atoms with E-state index in [1.54, 1.807) is 23.5 Å². The normalized spacial score (nSPS) is 12.1. The fourth-order valence-corrected chi connectivity index (χ4v) is 4.11. The third-order valence-electron chi connectivity index (χ3n) is 2.78. The Morgan fingerprint density at radius 1 is 1.32 bits per heavy atom. The molecule has 4 nitrogen and oxygen atoms in total. The Kier molecular flexibility index (Phi) is 7.21. The zero-order valence-electron chi connectivity index (χ0n) is 12.6. The molecule has 0 saturated carbocycles. The average Bonchev–Trinajstić information content (AvgIpc) is 2.99. The summed E-state index contributed by atoms with van der Waals surface area (Å²) in [6.45, 7) is 4.04. The van der Waals surface area contributed by atoms with E-state index in [2.05, 4.69) is 34.6 Å². The van der Waals surface area contributed by atoms with Crippen molar-refractivity contribution in [3.05, 3.63) is 35.9 Å². The summed E-state index contributed by atoms with van der Waals surface area (Å²) in [5, 5.41) is 11.4. The molecule has 1 heterocycles. The maximum absolute atomic E-state index is 12.2. The van der Waals surface area contributed by atoms with Crippen molar-refractivity contribution in [1.29, 1.82) is 0 Å². The first-order valence-electron chi connectivity index (χ1n) is 7.11. The fourth-order valence-electron chi connectivity index (χ4n) is 1.59. The number of carbonyl (C=O) groups excluding carboxylic acids is 1. The van der Waals surface area contributed by atoms with Crippen molar-refractivity contribution in [1.82, 2.24) is 10.2 Å². The molecule has 2 rings (SSSR count). The van der Waals surface area contributed by atoms with E-state index in [-0.39, 0.29) is 11.2 Å². The van der Waals surface area contributed by atoms with Gasteiger partial charge in [0.25, 0.3) is 0 Å². The minimum Gasteiger partial charge on any atom is -0.300 e. The third-order valence-corrected chi connectivity index (χ3v) is 6.17. The van der Waals surface area contributed by atoms with Crippen LogP contribution in [0.1, 0.15) is 25.8 Å². The molecular weight excluding hydrogens is 334 g/mol. The maximum Gasteiger partial charge on any atom is 0.239 e. The number of amides is 1. The lowest BCUT2D eigenvalue weighted by atomic mass is 10.2. The first-order valence-corrected chi connectivity index (χ1v) is 9.96. The Bertz CT molecular complexity index is 589. The number of hydrogen-bond donors (Lipinski definition) is 1. The van der Waals surface area contributed by atoms with E-state index >= 15 is 0 Å². The maximum atomic E-state index is 12.2. The Morgan fingerprint density at radius 3 is 2.82 bits per heavy atom. The van der Waals surface area contributed by atoms with Gasteiger partial charge >= 0.3 is 0 Å². The molecule has 0 aliphatic rings. The predicted molar refractivity (Wildman–Crippen MR) is 96.8 cm³/mol. The summed E-state index contributed by atoms with van der Waals surface area (Å²) in [5.74, 6) is 1.82. The van der Waals surface area contributed by atoms with Crippen LogP contribution in [0, 0.1) is 0 Å². The predicted octanol–water partition coefficient (Wildman–Crippen LogP) is 4.30. The number of anilines is 1. The van der Waals surface area contributed by atoms with Crippen LogP contribution in [0.2, 0.25) is 0 Å². The lowest BCUT2D eigenvalue weighted by Crippen LogP contribution is -2.22. The van der Waals surface area contributed by atoms with Crippen LogP contribution in [0.4, 0.5) is 5.13 Å². The van der Waals surface area contributed by atoms with Gasteiger partial charge in [0.2, 0.25) is 11.0 Å². The van der Waals surface area contributed by atoms with Gasteiger partial charge in [-0.05, 0) is 18.9 Å². The first kappa shape index (κ1) is 17.3. The van der Waals surface area contributed by atoms with Gasteiger partial charge in [-0.25, -0.2) is 0 Å². The zero-order chi connectivity index (χ0) is 15.8. The van der Waals surface area contributed by atoms with Crippen molar-refractivity contribution in [3.8, 4) is 0 Å². The smallest absolute Gasteiger partial charge is 0.239 e. The highest BCUT2D eigenvalue weighted by Gasteiger charge is 2.16. The molecule has 1 atom stereocenters. The van der Waals surface area contributed by atoms with Gasteiger partial charge in [0.15, 0.2) is 4.34 Å². The summed E-state index contributed by atoms with van der Waals surface area (Å²) in [7, 11) is 0. The van der Waals surface area contributed by atoms with Crippen molar-refractivity contribution in [2.24, 2.45) is 0 Å². The molecule has 7 heteroatoms. The summed E-state index contributed by atoms with van der Waals surface area (Å²) in [6.07, 6.45) is 1.10. The molecule has 1 aromatic carbocycles. The molecule has 118 valence electrons. The van der Waals surface area contributed by atoms with Crippen molar-refractivity contribution in [3.63, 3.8) is 0 Å². The van der Waals surface area contributed by atoms with Gasteiger partial charge in [-0.1, -0.05) is 60.4 Å². The SMILES string of the molecule is CCCSc1nnc(NC(=O)[C@@H](C)SCc2ccccc2)s1. The number of aromatic nitrogens is 2. The van der Waals surface area contributed by atoms with Crippen LogP contribution in [-0.4, -0.2) is 27.1 Å². The van der Waals surface area contributed by atoms with Crippen LogP contribution >= 0.6 is 34.9 Å². The minimum absolute atomic E-state index is 0.0240. The molecule has 22 heavy (non-hydrogen) atoms. The van der Waals surface area contributed by atoms with E-state index in [0.29, 0.717) is 5.13 Å². The van der Waals surface area contributed by atoms with Gasteiger partial charge in [-0.3, -0.25) is 10.1 Å². The zero-order valence-corrected chi connectivity index (χ0v) is 15.1. The number of thioether (sulfide) groups is 2. The summed E-state index contributed by atoms with van der Waals surface area (Å²) >= 11 is 4.72. The van der Waals surface area contributed by atoms with Crippen molar-refractivity contribution in [2.75, 3.05) is 11.1 Å². The van der Waals surface area contributed by atoms with E-state index in [4.69, 9.17) is 0 Å². The fraction of sp³-hybridized carbons (Fsp3) is 0.400. The number of benzene rings is 1. The van der Waals surface area contributed by atoms with E-state index in [1.807, 2.05) is 25.1 Å². The van der Waals surface area contributed by atoms with E-state index in [9.17, 15) is 4.79 Å². The second-order valence-corrected chi connectivity index (χ2v) is 8.30. The summed E-state index contributed by atoms with van der Waals surface area (Å²) in [4.78, 5) is 12.2. The van der Waals surface area contributed by atoms with Crippen molar-refractivity contribution < 1.29 is 4.79 Å². The monoisotopic (exact) mass is 353 g/mol. The third kappa shape index (κ3) is 5.62. The minimum atomic E-state index is -0.129. The van der Waals surface area contributed by atoms with Crippen LogP contribution in [-0.2, 0) is 10.5 Å². The number of hydrogen-bond acceptors (Lipinski definition) is 6. The molecule has 0 fully saturated rings. The largest absolute Gasteiger partial charge is 0.300 e. The molecule has 1 aromatic heterocycles. The standard InChI is InChI=1S/C15H19N3OS3/c1-3-9-20-15-18-17-14(22-15)16-13(19)11(2)21-10-12-7-5-4-6-8-12/h4-8,11H,3,9-10H2,1-2H3,(H,16,17,19)/t11-/m1/s1. The quantitative estimate of drug-likeness (QED) is 0.566. The Balaban J connectivity index is 1.79. The van der Waals surface area contributed by atoms with E-state index in [1.165, 1.54) is 16.9 Å². The molecule has 0 unspecified atom stereocenters. The molecule has 1 N–H and O–H groups in total. The lowest BCUT2D eigenvalue weighted by molar-refractivity contribution is -0.115. The van der Waals surface area contributed by atoms with Crippen molar-refractivity contribution >= 4 is 45.9 Å². The van der Waals surface area contributed by atoms with Crippen LogP contribution < -0.4 is 5.32 Å². The van der Waals surface area contributed by atoms with Gasteiger partial charge in [0.05, 0.1) is 5.25 Å². The summed E-state index contributed by atoms with van der Waals surface area (Å²) in [6, 6.07) is 10.2. The van der Waals surface area contributed by atoms with Gasteiger partial charge in [0, 0.05) is 11.5 Å². The highest BCUT2D eigenvalue weighted by Crippen LogP contribution is 2.26. The summed E-state index contributed by atoms with van der Waals surface area (Å²) in [5.41, 5.74) is 1.22. The molecule has 2 aromatic rings. The molecule has 0 spiro atoms. The van der Waals surface area contributed by atoms with Crippen molar-refractivity contribution in [2.45, 2.75) is 35.6 Å². The number of rotatable bonds is 8. The molecule has 0 bridgehead atoms. The molecule has 1 amide bonds. The number of nitrogens with zero attached hydrogens (tertiary/aromatic N) is 2. The van der Waals surface area contributed by atoms with Gasteiger partial charge in [0.1, 0.15) is 0 Å².